The molecule has 0 aliphatic heterocycles. The summed E-state index contributed by atoms with van der Waals surface area (Å²) in [6.45, 7) is 16.5. The van der Waals surface area contributed by atoms with Crippen LogP contribution in [0.2, 0.25) is 16.6 Å². The van der Waals surface area contributed by atoms with E-state index in [2.05, 4.69) is 41.5 Å². The minimum absolute atomic E-state index is 0.0800. The molecule has 1 aliphatic rings. The maximum atomic E-state index is 12.7. The third-order valence-electron chi connectivity index (χ3n) is 7.13. The van der Waals surface area contributed by atoms with Crippen LogP contribution in [0, 0.1) is 0 Å². The molecule has 0 saturated carbocycles. The van der Waals surface area contributed by atoms with E-state index in [1.54, 1.807) is 14.0 Å². The largest absolute Gasteiger partial charge is 0.542 e. The molecule has 1 aromatic rings. The Balaban J connectivity index is 2.78. The van der Waals surface area contributed by atoms with E-state index in [0.717, 1.165) is 16.9 Å². The summed E-state index contributed by atoms with van der Waals surface area (Å²) in [7, 11) is -0.610. The van der Waals surface area contributed by atoms with Crippen molar-refractivity contribution in [2.45, 2.75) is 95.7 Å². The van der Waals surface area contributed by atoms with Crippen LogP contribution in [0.1, 0.15) is 79.0 Å². The van der Waals surface area contributed by atoms with Crippen molar-refractivity contribution in [1.82, 2.24) is 0 Å². The number of fused-ring (bicyclic) bond motifs is 1. The number of carbonyl (C=O) groups excluding carboxylic acids is 2. The predicted molar refractivity (Wildman–Crippen MR) is 134 cm³/mol. The van der Waals surface area contributed by atoms with E-state index in [9.17, 15) is 9.59 Å². The first kappa shape index (κ1) is 26.8. The van der Waals surface area contributed by atoms with Crippen molar-refractivity contribution < 1.29 is 23.5 Å². The molecule has 7 heteroatoms. The van der Waals surface area contributed by atoms with Crippen molar-refractivity contribution in [1.29, 1.82) is 0 Å². The van der Waals surface area contributed by atoms with Gasteiger partial charge < -0.3 is 13.9 Å². The maximum Gasteiger partial charge on any atom is 0.303 e. The molecule has 2 rings (SSSR count). The first-order chi connectivity index (χ1) is 14.9. The number of Topliss-reactive ketones (excluding diaryl/α,β-unsaturated/α-hetero) is 1. The second-order valence-electron chi connectivity index (χ2n) is 9.81. The standard InChI is InChI=1S/C25H40O5SSi/c1-15(2)32(16(3)4,17(5)6)30-22-12-11-21(28-9)20-13-25(31-10,18(7)26)14-23(24(20)22)29-19(8)27/h11-12,15-17,23H,13-14H2,1-10H3/t23-,25-/m0/s1. The number of carbonyl (C=O) groups is 2. The average Bonchev–Trinajstić information content (AvgIpc) is 2.69. The number of esters is 1. The second-order valence-corrected chi connectivity index (χ2v) is 16.4. The van der Waals surface area contributed by atoms with Crippen LogP contribution in [-0.2, 0) is 20.7 Å². The molecular formula is C25H40O5SSi. The van der Waals surface area contributed by atoms with Crippen LogP contribution in [0.4, 0.5) is 0 Å². The molecule has 0 aromatic heterocycles. The molecule has 0 unspecified atom stereocenters. The van der Waals surface area contributed by atoms with Crippen molar-refractivity contribution >= 4 is 31.8 Å². The van der Waals surface area contributed by atoms with Crippen molar-refractivity contribution in [2.24, 2.45) is 0 Å². The summed E-state index contributed by atoms with van der Waals surface area (Å²) in [5.41, 5.74) is 2.98. The van der Waals surface area contributed by atoms with Gasteiger partial charge in [0, 0.05) is 24.5 Å². The predicted octanol–water partition coefficient (Wildman–Crippen LogP) is 6.49. The normalized spacial score (nSPS) is 21.0. The maximum absolute atomic E-state index is 12.7. The highest BCUT2D eigenvalue weighted by atomic mass is 32.2. The molecule has 0 saturated heterocycles. The summed E-state index contributed by atoms with van der Waals surface area (Å²) in [6.07, 6.45) is 2.34. The quantitative estimate of drug-likeness (QED) is 0.297. The Labute approximate surface area is 199 Å². The molecule has 0 heterocycles. The Morgan fingerprint density at radius 2 is 1.56 bits per heavy atom. The summed E-state index contributed by atoms with van der Waals surface area (Å²) < 4.78 is 17.9. The lowest BCUT2D eigenvalue weighted by molar-refractivity contribution is -0.148. The first-order valence-corrected chi connectivity index (χ1v) is 14.8. The SMILES string of the molecule is COc1ccc(O[Si](C(C)C)(C(C)C)C(C)C)c2c1C[C@@](SC)(C(C)=O)C[C@@H]2OC(C)=O. The number of ether oxygens (including phenoxy) is 2. The number of rotatable bonds is 9. The van der Waals surface area contributed by atoms with Gasteiger partial charge in [-0.3, -0.25) is 9.59 Å². The van der Waals surface area contributed by atoms with Crippen LogP contribution < -0.4 is 9.16 Å². The summed E-state index contributed by atoms with van der Waals surface area (Å²) >= 11 is 1.52. The molecule has 0 radical (unpaired) electrons. The van der Waals surface area contributed by atoms with E-state index >= 15 is 0 Å². The van der Waals surface area contributed by atoms with Crippen molar-refractivity contribution in [3.8, 4) is 11.5 Å². The highest BCUT2D eigenvalue weighted by Gasteiger charge is 2.50. The van der Waals surface area contributed by atoms with Gasteiger partial charge in [0.1, 0.15) is 23.4 Å². The second kappa shape index (κ2) is 10.2. The van der Waals surface area contributed by atoms with Gasteiger partial charge in [0.25, 0.3) is 8.32 Å². The zero-order valence-electron chi connectivity index (χ0n) is 21.3. The van der Waals surface area contributed by atoms with Crippen LogP contribution in [0.5, 0.6) is 11.5 Å². The zero-order valence-corrected chi connectivity index (χ0v) is 23.1. The number of ketones is 1. The minimum Gasteiger partial charge on any atom is -0.542 e. The average molecular weight is 481 g/mol. The fourth-order valence-corrected chi connectivity index (χ4v) is 11.8. The highest BCUT2D eigenvalue weighted by Crippen LogP contribution is 2.52. The topological polar surface area (TPSA) is 61.8 Å². The van der Waals surface area contributed by atoms with Gasteiger partial charge in [0.2, 0.25) is 0 Å². The molecule has 32 heavy (non-hydrogen) atoms. The molecule has 1 aliphatic carbocycles. The minimum atomic E-state index is -2.24. The van der Waals surface area contributed by atoms with E-state index in [1.165, 1.54) is 18.7 Å². The van der Waals surface area contributed by atoms with Crippen LogP contribution in [0.3, 0.4) is 0 Å². The van der Waals surface area contributed by atoms with E-state index in [-0.39, 0.29) is 11.8 Å². The van der Waals surface area contributed by atoms with Gasteiger partial charge in [-0.15, -0.1) is 0 Å². The van der Waals surface area contributed by atoms with E-state index in [1.807, 2.05) is 18.4 Å². The summed E-state index contributed by atoms with van der Waals surface area (Å²) in [5, 5.41) is 0. The monoisotopic (exact) mass is 480 g/mol. The Morgan fingerprint density at radius 3 is 1.97 bits per heavy atom. The van der Waals surface area contributed by atoms with Gasteiger partial charge >= 0.3 is 5.97 Å². The Morgan fingerprint density at radius 1 is 1.03 bits per heavy atom. The number of thioether (sulfide) groups is 1. The van der Waals surface area contributed by atoms with E-state index in [0.29, 0.717) is 35.2 Å². The van der Waals surface area contributed by atoms with Crippen molar-refractivity contribution in [3.63, 3.8) is 0 Å². The first-order valence-electron chi connectivity index (χ1n) is 11.5. The van der Waals surface area contributed by atoms with E-state index in [4.69, 9.17) is 13.9 Å². The van der Waals surface area contributed by atoms with E-state index < -0.39 is 19.2 Å². The van der Waals surface area contributed by atoms with Crippen LogP contribution in [0.15, 0.2) is 12.1 Å². The van der Waals surface area contributed by atoms with Gasteiger partial charge in [-0.05, 0) is 48.4 Å². The van der Waals surface area contributed by atoms with Crippen LogP contribution in [-0.4, -0.2) is 38.2 Å². The summed E-state index contributed by atoms with van der Waals surface area (Å²) in [6, 6.07) is 3.89. The summed E-state index contributed by atoms with van der Waals surface area (Å²) in [5.74, 6) is 1.19. The van der Waals surface area contributed by atoms with Gasteiger partial charge in [0.05, 0.1) is 11.9 Å². The number of methoxy groups -OCH3 is 1. The number of hydrogen-bond acceptors (Lipinski definition) is 6. The molecule has 180 valence electrons. The van der Waals surface area contributed by atoms with Crippen molar-refractivity contribution in [3.05, 3.63) is 23.3 Å². The third kappa shape index (κ3) is 4.74. The Kier molecular flexibility index (Phi) is 8.54. The van der Waals surface area contributed by atoms with Crippen LogP contribution in [0.25, 0.3) is 0 Å². The lowest BCUT2D eigenvalue weighted by Crippen LogP contribution is -2.51. The lowest BCUT2D eigenvalue weighted by atomic mass is 9.78. The summed E-state index contributed by atoms with van der Waals surface area (Å²) in [4.78, 5) is 24.8. The molecular weight excluding hydrogens is 440 g/mol. The van der Waals surface area contributed by atoms with Gasteiger partial charge in [-0.1, -0.05) is 41.5 Å². The molecule has 0 N–H and O–H groups in total. The number of hydrogen-bond donors (Lipinski definition) is 0. The van der Waals surface area contributed by atoms with Gasteiger partial charge in [0.15, 0.2) is 0 Å². The molecule has 0 amide bonds. The molecule has 0 fully saturated rings. The van der Waals surface area contributed by atoms with Gasteiger partial charge in [-0.25, -0.2) is 0 Å². The molecule has 0 bridgehead atoms. The fourth-order valence-electron chi connectivity index (χ4n) is 5.61. The van der Waals surface area contributed by atoms with Crippen molar-refractivity contribution in [2.75, 3.05) is 13.4 Å². The van der Waals surface area contributed by atoms with Gasteiger partial charge in [-0.2, -0.15) is 11.8 Å². The molecule has 2 atom stereocenters. The molecule has 1 aromatic carbocycles. The lowest BCUT2D eigenvalue weighted by Gasteiger charge is -2.45. The zero-order chi connectivity index (χ0) is 24.4. The molecule has 0 spiro atoms. The number of benzene rings is 1. The Bertz CT molecular complexity index is 829. The third-order valence-corrected chi connectivity index (χ3v) is 14.5. The Hall–Kier alpha value is -1.47. The highest BCUT2D eigenvalue weighted by molar-refractivity contribution is 8.00. The fraction of sp³-hybridized carbons (Fsp3) is 0.680. The smallest absolute Gasteiger partial charge is 0.303 e. The van der Waals surface area contributed by atoms with Crippen LogP contribution >= 0.6 is 11.8 Å². The molecule has 5 nitrogen and oxygen atoms in total.